The minimum absolute atomic E-state index is 0.626. The Morgan fingerprint density at radius 3 is 2.74 bits per heavy atom. The maximum atomic E-state index is 6.18. The number of nitrogen functional groups attached to an aromatic ring is 1. The lowest BCUT2D eigenvalue weighted by Crippen LogP contribution is -1.87. The summed E-state index contributed by atoms with van der Waals surface area (Å²) in [5, 5.41) is 1.57. The smallest absolute Gasteiger partial charge is 0.127 e. The standard InChI is InChI=1S/C15H9ClN2S/c1-2-13-14(17)10-7-8-12(18-15(10)19-13)9-5-3-4-6-11(9)16/h1,3-8H,17H2. The zero-order valence-corrected chi connectivity index (χ0v) is 11.4. The lowest BCUT2D eigenvalue weighted by Gasteiger charge is -2.03. The van der Waals surface area contributed by atoms with Crippen molar-refractivity contribution in [3.8, 4) is 23.6 Å². The number of hydrogen-bond acceptors (Lipinski definition) is 3. The summed E-state index contributed by atoms with van der Waals surface area (Å²) < 4.78 is 0. The molecular formula is C15H9ClN2S. The quantitative estimate of drug-likeness (QED) is 0.681. The molecule has 0 aliphatic carbocycles. The van der Waals surface area contributed by atoms with E-state index in [1.165, 1.54) is 11.3 Å². The van der Waals surface area contributed by atoms with Gasteiger partial charge in [-0.2, -0.15) is 0 Å². The van der Waals surface area contributed by atoms with Crippen LogP contribution in [0.5, 0.6) is 0 Å². The fourth-order valence-electron chi connectivity index (χ4n) is 1.92. The summed E-state index contributed by atoms with van der Waals surface area (Å²) in [5.41, 5.74) is 8.32. The molecule has 2 N–H and O–H groups in total. The second kappa shape index (κ2) is 4.58. The van der Waals surface area contributed by atoms with E-state index in [1.54, 1.807) is 0 Å². The molecule has 92 valence electrons. The molecule has 2 nitrogen and oxygen atoms in total. The highest BCUT2D eigenvalue weighted by atomic mass is 35.5. The number of thiophene rings is 1. The third kappa shape index (κ3) is 1.95. The molecule has 3 aromatic rings. The fourth-order valence-corrected chi connectivity index (χ4v) is 3.06. The predicted octanol–water partition coefficient (Wildman–Crippen LogP) is 4.18. The van der Waals surface area contributed by atoms with E-state index in [9.17, 15) is 0 Å². The van der Waals surface area contributed by atoms with Crippen LogP contribution in [-0.2, 0) is 0 Å². The molecule has 0 unspecified atom stereocenters. The Morgan fingerprint density at radius 2 is 2.00 bits per heavy atom. The molecule has 0 saturated heterocycles. The van der Waals surface area contributed by atoms with Crippen molar-refractivity contribution in [3.63, 3.8) is 0 Å². The van der Waals surface area contributed by atoms with Crippen molar-refractivity contribution in [2.24, 2.45) is 0 Å². The number of anilines is 1. The maximum Gasteiger partial charge on any atom is 0.127 e. The largest absolute Gasteiger partial charge is 0.396 e. The second-order valence-corrected chi connectivity index (χ2v) is 5.42. The molecule has 0 aliphatic rings. The third-order valence-electron chi connectivity index (χ3n) is 2.87. The number of halogens is 1. The van der Waals surface area contributed by atoms with E-state index in [1.807, 2.05) is 36.4 Å². The van der Waals surface area contributed by atoms with Crippen LogP contribution >= 0.6 is 22.9 Å². The Bertz CT molecular complexity index is 815. The van der Waals surface area contributed by atoms with Gasteiger partial charge < -0.3 is 5.73 Å². The van der Waals surface area contributed by atoms with Crippen LogP contribution in [0, 0.1) is 12.3 Å². The van der Waals surface area contributed by atoms with Gasteiger partial charge >= 0.3 is 0 Å². The molecule has 0 fully saturated rings. The molecule has 0 saturated carbocycles. The van der Waals surface area contributed by atoms with Gasteiger partial charge in [0.15, 0.2) is 0 Å². The number of pyridine rings is 1. The molecule has 0 spiro atoms. The van der Waals surface area contributed by atoms with Gasteiger partial charge in [0.1, 0.15) is 9.71 Å². The Hall–Kier alpha value is -2.02. The van der Waals surface area contributed by atoms with Crippen LogP contribution in [0.2, 0.25) is 5.02 Å². The molecule has 0 aliphatic heterocycles. The number of terminal acetylenes is 1. The average molecular weight is 285 g/mol. The van der Waals surface area contributed by atoms with Gasteiger partial charge in [-0.05, 0) is 18.2 Å². The summed E-state index contributed by atoms with van der Waals surface area (Å²) in [6.07, 6.45) is 5.42. The lowest BCUT2D eigenvalue weighted by atomic mass is 10.1. The van der Waals surface area contributed by atoms with E-state index < -0.39 is 0 Å². The van der Waals surface area contributed by atoms with Gasteiger partial charge in [0.25, 0.3) is 0 Å². The van der Waals surface area contributed by atoms with Crippen LogP contribution < -0.4 is 5.73 Å². The summed E-state index contributed by atoms with van der Waals surface area (Å²) in [5.74, 6) is 2.58. The minimum atomic E-state index is 0.626. The zero-order valence-electron chi connectivity index (χ0n) is 9.85. The molecule has 0 bridgehead atoms. The molecule has 19 heavy (non-hydrogen) atoms. The number of fused-ring (bicyclic) bond motifs is 1. The molecule has 0 radical (unpaired) electrons. The first-order chi connectivity index (χ1) is 9.20. The number of benzene rings is 1. The van der Waals surface area contributed by atoms with Crippen molar-refractivity contribution >= 4 is 38.8 Å². The van der Waals surface area contributed by atoms with Gasteiger partial charge in [0.05, 0.1) is 11.4 Å². The SMILES string of the molecule is C#Cc1sc2nc(-c3ccccc3Cl)ccc2c1N. The Morgan fingerprint density at radius 1 is 1.21 bits per heavy atom. The Labute approximate surface area is 119 Å². The van der Waals surface area contributed by atoms with Crippen LogP contribution in [0.3, 0.4) is 0 Å². The highest BCUT2D eigenvalue weighted by Crippen LogP contribution is 2.34. The normalized spacial score (nSPS) is 10.5. The molecular weight excluding hydrogens is 276 g/mol. The predicted molar refractivity (Wildman–Crippen MR) is 82.4 cm³/mol. The minimum Gasteiger partial charge on any atom is -0.396 e. The van der Waals surface area contributed by atoms with E-state index in [0.717, 1.165) is 26.4 Å². The van der Waals surface area contributed by atoms with E-state index >= 15 is 0 Å². The van der Waals surface area contributed by atoms with Gasteiger partial charge in [0.2, 0.25) is 0 Å². The number of nitrogens with zero attached hydrogens (tertiary/aromatic N) is 1. The first-order valence-electron chi connectivity index (χ1n) is 5.61. The third-order valence-corrected chi connectivity index (χ3v) is 4.25. The van der Waals surface area contributed by atoms with Crippen LogP contribution in [-0.4, -0.2) is 4.98 Å². The highest BCUT2D eigenvalue weighted by molar-refractivity contribution is 7.19. The van der Waals surface area contributed by atoms with Gasteiger partial charge in [-0.3, -0.25) is 0 Å². The van der Waals surface area contributed by atoms with E-state index in [2.05, 4.69) is 10.9 Å². The highest BCUT2D eigenvalue weighted by Gasteiger charge is 2.11. The Kier molecular flexibility index (Phi) is 2.90. The van der Waals surface area contributed by atoms with Crippen LogP contribution in [0.15, 0.2) is 36.4 Å². The van der Waals surface area contributed by atoms with E-state index in [-0.39, 0.29) is 0 Å². The van der Waals surface area contributed by atoms with Gasteiger partial charge in [-0.1, -0.05) is 35.7 Å². The molecule has 4 heteroatoms. The number of nitrogens with two attached hydrogens (primary N) is 1. The van der Waals surface area contributed by atoms with E-state index in [4.69, 9.17) is 23.8 Å². The van der Waals surface area contributed by atoms with Crippen molar-refractivity contribution in [2.75, 3.05) is 5.73 Å². The second-order valence-electron chi connectivity index (χ2n) is 4.02. The molecule has 0 atom stereocenters. The summed E-state index contributed by atoms with van der Waals surface area (Å²) in [4.78, 5) is 6.15. The number of hydrogen-bond donors (Lipinski definition) is 1. The zero-order chi connectivity index (χ0) is 13.4. The molecule has 3 rings (SSSR count). The van der Waals surface area contributed by atoms with Crippen LogP contribution in [0.1, 0.15) is 4.88 Å². The maximum absolute atomic E-state index is 6.18. The van der Waals surface area contributed by atoms with Crippen LogP contribution in [0.4, 0.5) is 5.69 Å². The lowest BCUT2D eigenvalue weighted by molar-refractivity contribution is 1.43. The average Bonchev–Trinajstić information content (AvgIpc) is 2.75. The van der Waals surface area contributed by atoms with Crippen molar-refractivity contribution < 1.29 is 0 Å². The first kappa shape index (κ1) is 12.0. The summed E-state index contributed by atoms with van der Waals surface area (Å²) >= 11 is 7.60. The fraction of sp³-hybridized carbons (Fsp3) is 0. The molecule has 2 aromatic heterocycles. The monoisotopic (exact) mass is 284 g/mol. The van der Waals surface area contributed by atoms with Gasteiger partial charge in [-0.15, -0.1) is 17.8 Å². The van der Waals surface area contributed by atoms with Crippen molar-refractivity contribution in [2.45, 2.75) is 0 Å². The van der Waals surface area contributed by atoms with Gasteiger partial charge in [-0.25, -0.2) is 4.98 Å². The molecule has 0 amide bonds. The van der Waals surface area contributed by atoms with Gasteiger partial charge in [0, 0.05) is 16.0 Å². The van der Waals surface area contributed by atoms with Crippen LogP contribution in [0.25, 0.3) is 21.5 Å². The topological polar surface area (TPSA) is 38.9 Å². The van der Waals surface area contributed by atoms with E-state index in [0.29, 0.717) is 10.7 Å². The summed E-state index contributed by atoms with van der Waals surface area (Å²) in [6.45, 7) is 0. The first-order valence-corrected chi connectivity index (χ1v) is 6.80. The Balaban J connectivity index is 2.23. The van der Waals surface area contributed by atoms with Crippen molar-refractivity contribution in [1.29, 1.82) is 0 Å². The molecule has 2 heterocycles. The number of rotatable bonds is 1. The number of aromatic nitrogens is 1. The summed E-state index contributed by atoms with van der Waals surface area (Å²) in [6, 6.07) is 11.5. The summed E-state index contributed by atoms with van der Waals surface area (Å²) in [7, 11) is 0. The van der Waals surface area contributed by atoms with Crippen molar-refractivity contribution in [3.05, 3.63) is 46.3 Å². The van der Waals surface area contributed by atoms with Crippen molar-refractivity contribution in [1.82, 2.24) is 4.98 Å². The molecule has 1 aromatic carbocycles.